The second-order valence-electron chi connectivity index (χ2n) is 5.17. The number of halogens is 2. The van der Waals surface area contributed by atoms with E-state index in [2.05, 4.69) is 31.4 Å². The van der Waals surface area contributed by atoms with Crippen LogP contribution in [0.15, 0.2) is 57.5 Å². The summed E-state index contributed by atoms with van der Waals surface area (Å²) in [4.78, 5) is 16.6. The van der Waals surface area contributed by atoms with Crippen LogP contribution in [0.2, 0.25) is 5.02 Å². The van der Waals surface area contributed by atoms with Crippen LogP contribution in [-0.4, -0.2) is 16.0 Å². The van der Waals surface area contributed by atoms with Gasteiger partial charge < -0.3 is 9.84 Å². The van der Waals surface area contributed by atoms with E-state index in [4.69, 9.17) is 16.1 Å². The van der Waals surface area contributed by atoms with Crippen LogP contribution in [0, 0.1) is 0 Å². The number of rotatable bonds is 4. The monoisotopic (exact) mass is 405 g/mol. The Morgan fingerprint density at radius 2 is 1.83 bits per heavy atom. The molecule has 0 fully saturated rings. The molecule has 3 rings (SSSR count). The minimum Gasteiger partial charge on any atom is -0.341 e. The second-order valence-corrected chi connectivity index (χ2v) is 6.52. The van der Waals surface area contributed by atoms with Gasteiger partial charge in [0, 0.05) is 20.6 Å². The summed E-state index contributed by atoms with van der Waals surface area (Å²) in [6, 6.07) is 13.8. The number of hydrogen-bond acceptors (Lipinski definition) is 4. The highest BCUT2D eigenvalue weighted by molar-refractivity contribution is 9.10. The lowest BCUT2D eigenvalue weighted by Crippen LogP contribution is -2.26. The predicted octanol–water partition coefficient (Wildman–Crippen LogP) is 4.64. The average Bonchev–Trinajstić information content (AvgIpc) is 3.06. The SMILES string of the molecule is CC(NC(=O)c1ccc(Br)cc1)c1nc(-c2ccc(Cl)cc2)no1. The van der Waals surface area contributed by atoms with Crippen molar-refractivity contribution in [3.8, 4) is 11.4 Å². The molecule has 5 nitrogen and oxygen atoms in total. The molecule has 1 amide bonds. The fourth-order valence-electron chi connectivity index (χ4n) is 2.07. The van der Waals surface area contributed by atoms with Crippen molar-refractivity contribution in [2.75, 3.05) is 0 Å². The third-order valence-electron chi connectivity index (χ3n) is 3.37. The maximum absolute atomic E-state index is 12.2. The van der Waals surface area contributed by atoms with Gasteiger partial charge in [-0.1, -0.05) is 32.7 Å². The third-order valence-corrected chi connectivity index (χ3v) is 4.15. The van der Waals surface area contributed by atoms with Gasteiger partial charge in [-0.15, -0.1) is 0 Å². The maximum Gasteiger partial charge on any atom is 0.251 e. The van der Waals surface area contributed by atoms with Crippen molar-refractivity contribution in [2.24, 2.45) is 0 Å². The van der Waals surface area contributed by atoms with E-state index >= 15 is 0 Å². The zero-order chi connectivity index (χ0) is 17.1. The first-order valence-corrected chi connectivity index (χ1v) is 8.36. The molecule has 0 aliphatic carbocycles. The molecule has 0 aliphatic heterocycles. The van der Waals surface area contributed by atoms with Gasteiger partial charge in [-0.2, -0.15) is 4.98 Å². The summed E-state index contributed by atoms with van der Waals surface area (Å²) in [6.07, 6.45) is 0. The van der Waals surface area contributed by atoms with Gasteiger partial charge in [0.2, 0.25) is 11.7 Å². The lowest BCUT2D eigenvalue weighted by Gasteiger charge is -2.09. The summed E-state index contributed by atoms with van der Waals surface area (Å²) in [7, 11) is 0. The third kappa shape index (κ3) is 3.83. The standard InChI is InChI=1S/C17H13BrClN3O2/c1-10(20-16(23)12-2-6-13(18)7-3-12)17-21-15(22-24-17)11-4-8-14(19)9-5-11/h2-10H,1H3,(H,20,23). The zero-order valence-electron chi connectivity index (χ0n) is 12.7. The number of amides is 1. The first kappa shape index (κ1) is 16.7. The minimum absolute atomic E-state index is 0.207. The molecule has 0 saturated heterocycles. The van der Waals surface area contributed by atoms with E-state index in [1.54, 1.807) is 31.2 Å². The highest BCUT2D eigenvalue weighted by Gasteiger charge is 2.18. The zero-order valence-corrected chi connectivity index (χ0v) is 15.0. The van der Waals surface area contributed by atoms with Crippen LogP contribution in [0.4, 0.5) is 0 Å². The Balaban J connectivity index is 1.71. The van der Waals surface area contributed by atoms with Crippen molar-refractivity contribution >= 4 is 33.4 Å². The highest BCUT2D eigenvalue weighted by Crippen LogP contribution is 2.21. The fourth-order valence-corrected chi connectivity index (χ4v) is 2.46. The Bertz CT molecular complexity index is 847. The summed E-state index contributed by atoms with van der Waals surface area (Å²) in [5, 5.41) is 7.41. The van der Waals surface area contributed by atoms with Crippen molar-refractivity contribution < 1.29 is 9.32 Å². The van der Waals surface area contributed by atoms with Gasteiger partial charge in [0.1, 0.15) is 6.04 Å². The number of aromatic nitrogens is 2. The Morgan fingerprint density at radius 3 is 2.50 bits per heavy atom. The van der Waals surface area contributed by atoms with Crippen LogP contribution in [0.25, 0.3) is 11.4 Å². The molecule has 1 aromatic heterocycles. The second kappa shape index (κ2) is 7.15. The lowest BCUT2D eigenvalue weighted by atomic mass is 10.2. The summed E-state index contributed by atoms with van der Waals surface area (Å²) in [5.41, 5.74) is 1.35. The molecule has 3 aromatic rings. The van der Waals surface area contributed by atoms with Crippen molar-refractivity contribution in [2.45, 2.75) is 13.0 Å². The van der Waals surface area contributed by atoms with Gasteiger partial charge in [-0.05, 0) is 55.5 Å². The van der Waals surface area contributed by atoms with Crippen LogP contribution in [-0.2, 0) is 0 Å². The number of nitrogens with zero attached hydrogens (tertiary/aromatic N) is 2. The Hall–Kier alpha value is -2.18. The predicted molar refractivity (Wildman–Crippen MR) is 94.8 cm³/mol. The normalized spacial score (nSPS) is 12.0. The van der Waals surface area contributed by atoms with Gasteiger partial charge in [0.25, 0.3) is 5.91 Å². The Morgan fingerprint density at radius 1 is 1.17 bits per heavy atom. The quantitative estimate of drug-likeness (QED) is 0.685. The van der Waals surface area contributed by atoms with Gasteiger partial charge in [0.15, 0.2) is 0 Å². The molecule has 0 bridgehead atoms. The molecule has 0 spiro atoms. The van der Waals surface area contributed by atoms with Gasteiger partial charge in [0.05, 0.1) is 0 Å². The molecule has 1 unspecified atom stereocenters. The lowest BCUT2D eigenvalue weighted by molar-refractivity contribution is 0.0932. The van der Waals surface area contributed by atoms with Crippen LogP contribution in [0.5, 0.6) is 0 Å². The molecule has 122 valence electrons. The maximum atomic E-state index is 12.2. The molecule has 7 heteroatoms. The van der Waals surface area contributed by atoms with Crippen molar-refractivity contribution in [1.82, 2.24) is 15.5 Å². The first-order chi connectivity index (χ1) is 11.5. The molecule has 1 heterocycles. The van der Waals surface area contributed by atoms with E-state index in [9.17, 15) is 4.79 Å². The number of hydrogen-bond donors (Lipinski definition) is 1. The molecule has 2 aromatic carbocycles. The number of nitrogens with one attached hydrogen (secondary N) is 1. The van der Waals surface area contributed by atoms with Crippen LogP contribution >= 0.6 is 27.5 Å². The fraction of sp³-hybridized carbons (Fsp3) is 0.118. The Labute approximate surface area is 152 Å². The number of benzene rings is 2. The summed E-state index contributed by atoms with van der Waals surface area (Å²) < 4.78 is 6.16. The summed E-state index contributed by atoms with van der Waals surface area (Å²) >= 11 is 9.20. The van der Waals surface area contributed by atoms with Gasteiger partial charge in [-0.25, -0.2) is 0 Å². The molecule has 24 heavy (non-hydrogen) atoms. The molecular weight excluding hydrogens is 394 g/mol. The Kier molecular flexibility index (Phi) is 4.97. The average molecular weight is 407 g/mol. The molecule has 1 N–H and O–H groups in total. The van der Waals surface area contributed by atoms with E-state index in [1.165, 1.54) is 0 Å². The van der Waals surface area contributed by atoms with Crippen LogP contribution in [0.1, 0.15) is 29.2 Å². The van der Waals surface area contributed by atoms with E-state index in [1.807, 2.05) is 24.3 Å². The van der Waals surface area contributed by atoms with Gasteiger partial charge >= 0.3 is 0 Å². The molecule has 0 aliphatic rings. The van der Waals surface area contributed by atoms with Crippen LogP contribution < -0.4 is 5.32 Å². The van der Waals surface area contributed by atoms with Crippen molar-refractivity contribution in [3.05, 3.63) is 69.5 Å². The van der Waals surface area contributed by atoms with Crippen molar-refractivity contribution in [1.29, 1.82) is 0 Å². The van der Waals surface area contributed by atoms with E-state index < -0.39 is 6.04 Å². The van der Waals surface area contributed by atoms with E-state index in [-0.39, 0.29) is 5.91 Å². The number of carbonyl (C=O) groups is 1. The summed E-state index contributed by atoms with van der Waals surface area (Å²) in [6.45, 7) is 1.79. The first-order valence-electron chi connectivity index (χ1n) is 7.19. The molecular formula is C17H13BrClN3O2. The largest absolute Gasteiger partial charge is 0.341 e. The highest BCUT2D eigenvalue weighted by atomic mass is 79.9. The van der Waals surface area contributed by atoms with Crippen molar-refractivity contribution in [3.63, 3.8) is 0 Å². The molecule has 1 atom stereocenters. The topological polar surface area (TPSA) is 68.0 Å². The van der Waals surface area contributed by atoms with E-state index in [0.717, 1.165) is 10.0 Å². The smallest absolute Gasteiger partial charge is 0.251 e. The van der Waals surface area contributed by atoms with E-state index in [0.29, 0.717) is 22.3 Å². The van der Waals surface area contributed by atoms with Crippen LogP contribution in [0.3, 0.4) is 0 Å². The number of carbonyl (C=O) groups excluding carboxylic acids is 1. The minimum atomic E-state index is -0.408. The molecule has 0 radical (unpaired) electrons. The molecule has 0 saturated carbocycles. The van der Waals surface area contributed by atoms with Gasteiger partial charge in [-0.3, -0.25) is 4.79 Å². The summed E-state index contributed by atoms with van der Waals surface area (Å²) in [5.74, 6) is 0.582.